The monoisotopic (exact) mass is 86.0 g/mol. The van der Waals surface area contributed by atoms with E-state index in [1.807, 2.05) is 0 Å². The molecule has 1 unspecified atom stereocenters. The topological polar surface area (TPSA) is 0 Å². The van der Waals surface area contributed by atoms with Crippen LogP contribution in [0.5, 0.6) is 0 Å². The highest BCUT2D eigenvalue weighted by atomic mass is 31.0. The molecule has 1 heteroatoms. The summed E-state index contributed by atoms with van der Waals surface area (Å²) in [5.74, 6) is 0. The van der Waals surface area contributed by atoms with Gasteiger partial charge in [-0.15, -0.1) is 9.24 Å². The van der Waals surface area contributed by atoms with E-state index < -0.39 is 0 Å². The second-order valence-electron chi connectivity index (χ2n) is 0.779. The van der Waals surface area contributed by atoms with Crippen LogP contribution in [-0.2, 0) is 0 Å². The van der Waals surface area contributed by atoms with Gasteiger partial charge in [-0.05, 0) is 5.31 Å². The lowest BCUT2D eigenvalue weighted by Crippen LogP contribution is -1.41. The fourth-order valence-electron chi connectivity index (χ4n) is 0. The molecule has 1 atom stereocenters. The standard InChI is InChI=1S/C4H7P/c1-3-4(2)5/h3H,1-2,5H2. The van der Waals surface area contributed by atoms with Crippen LogP contribution in [0.25, 0.3) is 0 Å². The third-order valence-electron chi connectivity index (χ3n) is 0.262. The molecule has 0 aromatic heterocycles. The van der Waals surface area contributed by atoms with Gasteiger partial charge in [0.15, 0.2) is 0 Å². The molecule has 0 aromatic carbocycles. The third-order valence-corrected chi connectivity index (χ3v) is 0.498. The molecule has 0 nitrogen and oxygen atoms in total. The Labute approximate surface area is 34.8 Å². The third kappa shape index (κ3) is 3.91. The van der Waals surface area contributed by atoms with Crippen LogP contribution in [0.2, 0.25) is 0 Å². The zero-order chi connectivity index (χ0) is 4.28. The van der Waals surface area contributed by atoms with Crippen LogP contribution >= 0.6 is 9.24 Å². The predicted molar refractivity (Wildman–Crippen MR) is 29.0 cm³/mol. The first-order valence-corrected chi connectivity index (χ1v) is 1.92. The van der Waals surface area contributed by atoms with Crippen molar-refractivity contribution in [2.45, 2.75) is 0 Å². The van der Waals surface area contributed by atoms with E-state index in [0.29, 0.717) is 0 Å². The Kier molecular flexibility index (Phi) is 2.13. The van der Waals surface area contributed by atoms with Crippen molar-refractivity contribution in [3.8, 4) is 0 Å². The predicted octanol–water partition coefficient (Wildman–Crippen LogP) is 1.56. The van der Waals surface area contributed by atoms with E-state index in [2.05, 4.69) is 22.4 Å². The maximum absolute atomic E-state index is 3.52. The van der Waals surface area contributed by atoms with Crippen LogP contribution in [-0.4, -0.2) is 0 Å². The van der Waals surface area contributed by atoms with Crippen molar-refractivity contribution in [2.75, 3.05) is 0 Å². The molecule has 0 radical (unpaired) electrons. The van der Waals surface area contributed by atoms with Crippen molar-refractivity contribution in [2.24, 2.45) is 0 Å². The van der Waals surface area contributed by atoms with Gasteiger partial charge in [-0.2, -0.15) is 0 Å². The number of hydrogen-bond donors (Lipinski definition) is 0. The van der Waals surface area contributed by atoms with Crippen LogP contribution in [0, 0.1) is 0 Å². The van der Waals surface area contributed by atoms with Gasteiger partial charge in [0.25, 0.3) is 0 Å². The lowest BCUT2D eigenvalue weighted by molar-refractivity contribution is 2.06. The fourth-order valence-corrected chi connectivity index (χ4v) is 0. The molecule has 0 bridgehead atoms. The van der Waals surface area contributed by atoms with E-state index in [9.17, 15) is 0 Å². The van der Waals surface area contributed by atoms with Crippen LogP contribution in [0.15, 0.2) is 24.5 Å². The maximum Gasteiger partial charge on any atom is -0.0380 e. The molecule has 0 rings (SSSR count). The van der Waals surface area contributed by atoms with Crippen LogP contribution in [0.1, 0.15) is 0 Å². The smallest absolute Gasteiger partial charge is 0.0380 e. The largest absolute Gasteiger partial charge is 0.106 e. The summed E-state index contributed by atoms with van der Waals surface area (Å²) >= 11 is 0. The molecule has 0 saturated heterocycles. The Morgan fingerprint density at radius 1 is 1.80 bits per heavy atom. The summed E-state index contributed by atoms with van der Waals surface area (Å²) in [6, 6.07) is 0. The molecule has 5 heavy (non-hydrogen) atoms. The zero-order valence-electron chi connectivity index (χ0n) is 3.07. The van der Waals surface area contributed by atoms with Gasteiger partial charge in [0, 0.05) is 0 Å². The van der Waals surface area contributed by atoms with Crippen molar-refractivity contribution in [1.82, 2.24) is 0 Å². The Bertz CT molecular complexity index is 54.7. The van der Waals surface area contributed by atoms with Crippen LogP contribution in [0.4, 0.5) is 0 Å². The molecular formula is C4H7P. The molecule has 0 heterocycles. The lowest BCUT2D eigenvalue weighted by Gasteiger charge is -1.71. The van der Waals surface area contributed by atoms with Crippen LogP contribution in [0.3, 0.4) is 0 Å². The fraction of sp³-hybridized carbons (Fsp3) is 0. The summed E-state index contributed by atoms with van der Waals surface area (Å²) < 4.78 is 0. The molecule has 0 aliphatic heterocycles. The molecule has 0 spiro atoms. The van der Waals surface area contributed by atoms with Crippen molar-refractivity contribution < 1.29 is 0 Å². The average molecular weight is 86.1 g/mol. The average Bonchev–Trinajstić information content (AvgIpc) is 1.38. The minimum atomic E-state index is 0.935. The normalized spacial score (nSPS) is 6.60. The quantitative estimate of drug-likeness (QED) is 0.335. The second kappa shape index (κ2) is 2.17. The van der Waals surface area contributed by atoms with Crippen LogP contribution < -0.4 is 0 Å². The van der Waals surface area contributed by atoms with E-state index in [0.717, 1.165) is 5.31 Å². The number of rotatable bonds is 1. The Balaban J connectivity index is 3.20. The first-order chi connectivity index (χ1) is 2.27. The van der Waals surface area contributed by atoms with E-state index in [1.54, 1.807) is 6.08 Å². The minimum Gasteiger partial charge on any atom is -0.106 e. The molecule has 0 aromatic rings. The van der Waals surface area contributed by atoms with E-state index in [-0.39, 0.29) is 0 Å². The van der Waals surface area contributed by atoms with Crippen molar-refractivity contribution in [1.29, 1.82) is 0 Å². The summed E-state index contributed by atoms with van der Waals surface area (Å²) in [5.41, 5.74) is 0. The van der Waals surface area contributed by atoms with E-state index in [1.165, 1.54) is 0 Å². The maximum atomic E-state index is 3.52. The van der Waals surface area contributed by atoms with Gasteiger partial charge < -0.3 is 0 Å². The Morgan fingerprint density at radius 3 is 2.00 bits per heavy atom. The van der Waals surface area contributed by atoms with Gasteiger partial charge in [0.2, 0.25) is 0 Å². The van der Waals surface area contributed by atoms with Crippen molar-refractivity contribution in [3.63, 3.8) is 0 Å². The molecule has 28 valence electrons. The molecular weight excluding hydrogens is 79.0 g/mol. The first kappa shape index (κ1) is 4.91. The lowest BCUT2D eigenvalue weighted by atomic mass is 10.6. The Morgan fingerprint density at radius 2 is 2.00 bits per heavy atom. The molecule has 0 aliphatic carbocycles. The van der Waals surface area contributed by atoms with E-state index >= 15 is 0 Å². The summed E-state index contributed by atoms with van der Waals surface area (Å²) in [6.07, 6.45) is 1.69. The molecule has 0 saturated carbocycles. The highest BCUT2D eigenvalue weighted by Crippen LogP contribution is 1.98. The number of hydrogen-bond acceptors (Lipinski definition) is 0. The molecule has 0 aliphatic rings. The SMILES string of the molecule is C=CC(=C)P. The summed E-state index contributed by atoms with van der Waals surface area (Å²) in [6.45, 7) is 6.96. The van der Waals surface area contributed by atoms with Gasteiger partial charge in [0.1, 0.15) is 0 Å². The van der Waals surface area contributed by atoms with Gasteiger partial charge in [-0.1, -0.05) is 19.2 Å². The Hall–Kier alpha value is -0.0900. The minimum absolute atomic E-state index is 0.935. The molecule has 0 amide bonds. The van der Waals surface area contributed by atoms with Crippen molar-refractivity contribution >= 4 is 9.24 Å². The summed E-state index contributed by atoms with van der Waals surface area (Å²) in [4.78, 5) is 0. The first-order valence-electron chi connectivity index (χ1n) is 1.34. The highest BCUT2D eigenvalue weighted by Gasteiger charge is 1.59. The summed E-state index contributed by atoms with van der Waals surface area (Å²) in [5, 5.41) is 0.935. The van der Waals surface area contributed by atoms with Gasteiger partial charge in [0.05, 0.1) is 0 Å². The molecule has 0 fully saturated rings. The zero-order valence-corrected chi connectivity index (χ0v) is 4.22. The highest BCUT2D eigenvalue weighted by molar-refractivity contribution is 7.22. The molecule has 0 N–H and O–H groups in total. The number of allylic oxidation sites excluding steroid dienone is 2. The van der Waals surface area contributed by atoms with Gasteiger partial charge in [-0.3, -0.25) is 0 Å². The summed E-state index contributed by atoms with van der Waals surface area (Å²) in [7, 11) is 2.42. The van der Waals surface area contributed by atoms with Crippen molar-refractivity contribution in [3.05, 3.63) is 24.5 Å². The van der Waals surface area contributed by atoms with E-state index in [4.69, 9.17) is 0 Å². The van der Waals surface area contributed by atoms with Gasteiger partial charge in [-0.25, -0.2) is 0 Å². The van der Waals surface area contributed by atoms with Gasteiger partial charge >= 0.3 is 0 Å². The second-order valence-corrected chi connectivity index (χ2v) is 1.52.